The van der Waals surface area contributed by atoms with Gasteiger partial charge in [0.25, 0.3) is 11.8 Å². The minimum Gasteiger partial charge on any atom is -0.461 e. The van der Waals surface area contributed by atoms with Gasteiger partial charge in [0.15, 0.2) is 0 Å². The van der Waals surface area contributed by atoms with Crippen LogP contribution in [0.4, 0.5) is 0 Å². The molecule has 0 aliphatic heterocycles. The molecule has 80 heavy (non-hydrogen) atoms. The fraction of sp³-hybridized carbons (Fsp3) is 0.621. The smallest absolute Gasteiger partial charge is 0.325 e. The van der Waals surface area contributed by atoms with Crippen LogP contribution >= 0.6 is 0 Å². The van der Waals surface area contributed by atoms with Crippen LogP contribution in [0.15, 0.2) is 85.5 Å². The van der Waals surface area contributed by atoms with Crippen molar-refractivity contribution in [3.63, 3.8) is 0 Å². The minimum absolute atomic E-state index is 0.0608. The highest BCUT2D eigenvalue weighted by molar-refractivity contribution is 5.96. The van der Waals surface area contributed by atoms with E-state index in [9.17, 15) is 24.0 Å². The van der Waals surface area contributed by atoms with Crippen molar-refractivity contribution in [2.24, 2.45) is 46.3 Å². The summed E-state index contributed by atoms with van der Waals surface area (Å²) in [6.07, 6.45) is 28.7. The maximum Gasteiger partial charge on any atom is 0.325 e. The van der Waals surface area contributed by atoms with Crippen molar-refractivity contribution in [1.82, 2.24) is 35.5 Å². The van der Waals surface area contributed by atoms with Gasteiger partial charge in [0.2, 0.25) is 5.91 Å². The Hall–Kier alpha value is -6.05. The predicted molar refractivity (Wildman–Crippen MR) is 312 cm³/mol. The van der Waals surface area contributed by atoms with Crippen molar-refractivity contribution in [3.8, 4) is 22.8 Å². The van der Waals surface area contributed by atoms with E-state index >= 15 is 0 Å². The zero-order valence-corrected chi connectivity index (χ0v) is 48.7. The van der Waals surface area contributed by atoms with Gasteiger partial charge in [-0.2, -0.15) is 0 Å². The van der Waals surface area contributed by atoms with Crippen molar-refractivity contribution in [2.75, 3.05) is 26.2 Å². The number of ether oxygens (including phenoxy) is 2. The van der Waals surface area contributed by atoms with Crippen molar-refractivity contribution >= 4 is 29.7 Å². The molecule has 4 aromatic rings. The molecule has 432 valence electrons. The molecular formula is C66H91N7O7. The molecule has 8 rings (SSSR count). The number of amides is 3. The van der Waals surface area contributed by atoms with Crippen LogP contribution in [0.3, 0.4) is 0 Å². The lowest BCUT2D eigenvalue weighted by molar-refractivity contribution is -0.198. The third-order valence-corrected chi connectivity index (χ3v) is 19.4. The lowest BCUT2D eigenvalue weighted by Crippen LogP contribution is -2.60. The lowest BCUT2D eigenvalue weighted by Gasteiger charge is -2.62. The first-order valence-electron chi connectivity index (χ1n) is 30.8. The van der Waals surface area contributed by atoms with E-state index in [0.717, 1.165) is 77.3 Å². The summed E-state index contributed by atoms with van der Waals surface area (Å²) in [5.41, 5.74) is 3.02. The van der Waals surface area contributed by atoms with Gasteiger partial charge in [-0.25, -0.2) is 0 Å². The Morgan fingerprint density at radius 1 is 0.613 bits per heavy atom. The standard InChI is InChI=1S/C66H91N7O7/c1-6-8-10-12-14-20-38-73(39-21-15-13-11-9-7-2)60(74)33-24-46(3)52-29-30-53-51-28-27-49-40-50(79-61(75)44-71-63(77)47-25-31-57(69-42-47)55-22-16-18-36-67-55)34-35-65(49,4)54(51)41-59(66(52,53)5)80-62(76)45-72-64(78)48-26-32-58(70-43-48)56-23-17-19-37-68-56/h16-19,22-23,25-26,31-32,36-37,42-43,46,49-54,59H,6-15,20-21,24,27-30,33-35,38-41,44-45H2,1-5H3,(H,71,77)(H,72,78)/t46-,49-,50-,51+,52-,53+,54+,59+,65+,66-/m1/s1. The van der Waals surface area contributed by atoms with Gasteiger partial charge in [-0.3, -0.25) is 43.9 Å². The highest BCUT2D eigenvalue weighted by Gasteiger charge is 2.65. The molecule has 4 fully saturated rings. The number of nitrogens with zero attached hydrogens (tertiary/aromatic N) is 5. The second-order valence-corrected chi connectivity index (χ2v) is 24.4. The van der Waals surface area contributed by atoms with E-state index in [1.807, 2.05) is 36.4 Å². The van der Waals surface area contributed by atoms with Gasteiger partial charge in [-0.1, -0.05) is 111 Å². The quantitative estimate of drug-likeness (QED) is 0.0408. The monoisotopic (exact) mass is 1090 g/mol. The van der Waals surface area contributed by atoms with E-state index < -0.39 is 23.8 Å². The Morgan fingerprint density at radius 3 is 1.70 bits per heavy atom. The number of hydrogen-bond donors (Lipinski definition) is 2. The molecule has 4 aromatic heterocycles. The maximum atomic E-state index is 14.2. The van der Waals surface area contributed by atoms with E-state index in [1.54, 1.807) is 36.7 Å². The molecule has 0 saturated heterocycles. The van der Waals surface area contributed by atoms with E-state index in [4.69, 9.17) is 9.47 Å². The minimum atomic E-state index is -0.458. The Bertz CT molecular complexity index is 2600. The molecule has 2 N–H and O–H groups in total. The fourth-order valence-corrected chi connectivity index (χ4v) is 15.0. The van der Waals surface area contributed by atoms with Gasteiger partial charge in [0.1, 0.15) is 25.3 Å². The number of fused-ring (bicyclic) bond motifs is 5. The van der Waals surface area contributed by atoms with Gasteiger partial charge >= 0.3 is 11.9 Å². The van der Waals surface area contributed by atoms with Crippen molar-refractivity contribution in [2.45, 2.75) is 188 Å². The Labute approximate surface area is 476 Å². The lowest BCUT2D eigenvalue weighted by atomic mass is 9.43. The van der Waals surface area contributed by atoms with E-state index in [1.165, 1.54) is 76.6 Å². The van der Waals surface area contributed by atoms with Gasteiger partial charge in [0, 0.05) is 49.7 Å². The molecule has 4 heterocycles. The van der Waals surface area contributed by atoms with Crippen molar-refractivity contribution in [1.29, 1.82) is 0 Å². The number of pyridine rings is 4. The number of unbranched alkanes of at least 4 members (excludes halogenated alkanes) is 10. The van der Waals surface area contributed by atoms with Gasteiger partial charge < -0.3 is 25.0 Å². The molecule has 4 saturated carbocycles. The normalized spacial score (nSPS) is 25.2. The first kappa shape index (κ1) is 60.1. The zero-order chi connectivity index (χ0) is 56.5. The molecule has 3 amide bonds. The molecule has 14 heteroatoms. The predicted octanol–water partition coefficient (Wildman–Crippen LogP) is 12.8. The largest absolute Gasteiger partial charge is 0.461 e. The number of nitrogens with one attached hydrogen (secondary N) is 2. The van der Waals surface area contributed by atoms with Gasteiger partial charge in [-0.15, -0.1) is 0 Å². The van der Waals surface area contributed by atoms with E-state index in [2.05, 4.69) is 70.1 Å². The summed E-state index contributed by atoms with van der Waals surface area (Å²) in [5, 5.41) is 5.56. The maximum absolute atomic E-state index is 14.2. The number of esters is 2. The molecule has 0 aromatic carbocycles. The van der Waals surface area contributed by atoms with Crippen LogP contribution in [0.25, 0.3) is 22.8 Å². The van der Waals surface area contributed by atoms with E-state index in [-0.39, 0.29) is 59.8 Å². The van der Waals surface area contributed by atoms with Crippen molar-refractivity contribution in [3.05, 3.63) is 96.6 Å². The third kappa shape index (κ3) is 15.1. The number of aromatic nitrogens is 4. The number of rotatable bonds is 28. The van der Waals surface area contributed by atoms with Crippen LogP contribution in [0, 0.1) is 46.3 Å². The summed E-state index contributed by atoms with van der Waals surface area (Å²) in [4.78, 5) is 88.0. The van der Waals surface area contributed by atoms with Crippen molar-refractivity contribution < 1.29 is 33.4 Å². The Morgan fingerprint density at radius 2 is 1.16 bits per heavy atom. The van der Waals surface area contributed by atoms with Crippen LogP contribution in [0.1, 0.15) is 197 Å². The number of carbonyl (C=O) groups excluding carboxylic acids is 5. The molecule has 4 aliphatic carbocycles. The summed E-state index contributed by atoms with van der Waals surface area (Å²) < 4.78 is 12.9. The first-order valence-corrected chi connectivity index (χ1v) is 30.8. The van der Waals surface area contributed by atoms with E-state index in [0.29, 0.717) is 64.5 Å². The SMILES string of the molecule is CCCCCCCCN(CCCCCCCC)C(=O)CC[C@@H](C)[C@H]1CC[C@H]2[C@@H]3CC[C@@H]4C[C@H](OC(=O)CNC(=O)c5ccc(-c6ccccn6)nc5)CC[C@]4(C)[C@H]3C[C@H](OC(=O)CNC(=O)c3ccc(-c4ccccn4)nc3)[C@]12C. The molecule has 0 bridgehead atoms. The van der Waals surface area contributed by atoms with Crippen LogP contribution in [-0.2, 0) is 23.9 Å². The van der Waals surface area contributed by atoms with Gasteiger partial charge in [0.05, 0.1) is 33.9 Å². The number of hydrogen-bond acceptors (Lipinski definition) is 11. The van der Waals surface area contributed by atoms with Crippen LogP contribution in [0.5, 0.6) is 0 Å². The second-order valence-electron chi connectivity index (χ2n) is 24.4. The zero-order valence-electron chi connectivity index (χ0n) is 48.7. The van der Waals surface area contributed by atoms with Crippen LogP contribution < -0.4 is 10.6 Å². The number of carbonyl (C=O) groups is 5. The molecule has 0 radical (unpaired) electrons. The average Bonchev–Trinajstić information content (AvgIpc) is 3.98. The molecule has 4 aliphatic rings. The summed E-state index contributed by atoms with van der Waals surface area (Å²) >= 11 is 0. The van der Waals surface area contributed by atoms with Crippen LogP contribution in [0.2, 0.25) is 0 Å². The second kappa shape index (κ2) is 29.1. The highest BCUT2D eigenvalue weighted by Crippen LogP contribution is 2.69. The molecule has 14 nitrogen and oxygen atoms in total. The fourth-order valence-electron chi connectivity index (χ4n) is 15.0. The summed E-state index contributed by atoms with van der Waals surface area (Å²) in [7, 11) is 0. The first-order chi connectivity index (χ1) is 38.8. The Balaban J connectivity index is 0.919. The molecule has 0 spiro atoms. The molecule has 0 unspecified atom stereocenters. The third-order valence-electron chi connectivity index (χ3n) is 19.4. The summed E-state index contributed by atoms with van der Waals surface area (Å²) in [5.74, 6) is 0.442. The van der Waals surface area contributed by atoms with Crippen LogP contribution in [-0.4, -0.2) is 92.9 Å². The average molecular weight is 1090 g/mol. The molecule has 10 atom stereocenters. The highest BCUT2D eigenvalue weighted by atomic mass is 16.5. The summed E-state index contributed by atoms with van der Waals surface area (Å²) in [6, 6.07) is 18.0. The van der Waals surface area contributed by atoms with Gasteiger partial charge in [-0.05, 0) is 160 Å². The topological polar surface area (TPSA) is 183 Å². The summed E-state index contributed by atoms with van der Waals surface area (Å²) in [6.45, 7) is 12.8. The molecular weight excluding hydrogens is 1000 g/mol. The Kier molecular flexibility index (Phi) is 21.8.